The highest BCUT2D eigenvalue weighted by Gasteiger charge is 2.30. The Morgan fingerprint density at radius 2 is 1.73 bits per heavy atom. The molecule has 0 bridgehead atoms. The van der Waals surface area contributed by atoms with Gasteiger partial charge in [-0.1, -0.05) is 23.2 Å². The van der Waals surface area contributed by atoms with Gasteiger partial charge in [0.15, 0.2) is 0 Å². The molecule has 2 heterocycles. The highest BCUT2D eigenvalue weighted by atomic mass is 35.5. The van der Waals surface area contributed by atoms with Gasteiger partial charge in [0.2, 0.25) is 5.88 Å². The lowest BCUT2D eigenvalue weighted by Crippen LogP contribution is -2.49. The third-order valence-electron chi connectivity index (χ3n) is 6.15. The molecule has 4 rings (SSSR count). The second-order valence-corrected chi connectivity index (χ2v) is 9.49. The van der Waals surface area contributed by atoms with Crippen molar-refractivity contribution in [1.29, 1.82) is 0 Å². The Labute approximate surface area is 226 Å². The summed E-state index contributed by atoms with van der Waals surface area (Å²) in [5.74, 6) is -0.327. The van der Waals surface area contributed by atoms with Crippen molar-refractivity contribution in [2.45, 2.75) is 13.3 Å². The number of amides is 1. The van der Waals surface area contributed by atoms with Crippen molar-refractivity contribution in [1.82, 2.24) is 15.2 Å². The minimum absolute atomic E-state index is 0.0573. The number of anilines is 1. The van der Waals surface area contributed by atoms with Crippen LogP contribution in [0, 0.1) is 0 Å². The van der Waals surface area contributed by atoms with Crippen molar-refractivity contribution in [3.05, 3.63) is 63.6 Å². The number of aromatic nitrogens is 1. The fourth-order valence-electron chi connectivity index (χ4n) is 4.34. The summed E-state index contributed by atoms with van der Waals surface area (Å²) in [6.07, 6.45) is 0.750. The van der Waals surface area contributed by atoms with Crippen LogP contribution in [0.4, 0.5) is 5.69 Å². The highest BCUT2D eigenvalue weighted by molar-refractivity contribution is 6.31. The number of carbonyl (C=O) groups is 2. The summed E-state index contributed by atoms with van der Waals surface area (Å²) in [6.45, 7) is 5.12. The molecule has 8 nitrogen and oxygen atoms in total. The zero-order valence-electron chi connectivity index (χ0n) is 20.9. The van der Waals surface area contributed by atoms with Gasteiger partial charge in [-0.25, -0.2) is 9.78 Å². The number of nitrogens with one attached hydrogen (secondary N) is 1. The number of ether oxygens (including phenoxy) is 2. The van der Waals surface area contributed by atoms with E-state index in [1.807, 2.05) is 13.1 Å². The van der Waals surface area contributed by atoms with Gasteiger partial charge in [0, 0.05) is 47.2 Å². The first kappa shape index (κ1) is 27.0. The van der Waals surface area contributed by atoms with Crippen LogP contribution in [0.3, 0.4) is 0 Å². The van der Waals surface area contributed by atoms with E-state index in [0.29, 0.717) is 59.6 Å². The van der Waals surface area contributed by atoms with Crippen LogP contribution in [0.1, 0.15) is 34.1 Å². The van der Waals surface area contributed by atoms with Crippen molar-refractivity contribution in [2.24, 2.45) is 0 Å². The number of fused-ring (bicyclic) bond motifs is 1. The van der Waals surface area contributed by atoms with Crippen molar-refractivity contribution < 1.29 is 19.1 Å². The summed E-state index contributed by atoms with van der Waals surface area (Å²) >= 11 is 12.3. The lowest BCUT2D eigenvalue weighted by Gasteiger charge is -2.37. The van der Waals surface area contributed by atoms with Crippen LogP contribution >= 0.6 is 23.2 Å². The first-order chi connectivity index (χ1) is 17.9. The van der Waals surface area contributed by atoms with Gasteiger partial charge in [-0.2, -0.15) is 0 Å². The van der Waals surface area contributed by atoms with E-state index in [-0.39, 0.29) is 24.0 Å². The Bertz CT molecular complexity index is 1260. The molecule has 1 aliphatic rings. The lowest BCUT2D eigenvalue weighted by molar-refractivity contribution is 0.0520. The van der Waals surface area contributed by atoms with Gasteiger partial charge in [-0.05, 0) is 69.4 Å². The molecule has 1 aliphatic heterocycles. The Morgan fingerprint density at radius 3 is 2.41 bits per heavy atom. The van der Waals surface area contributed by atoms with Gasteiger partial charge in [0.25, 0.3) is 5.91 Å². The molecular formula is C27H30Cl2N4O4. The van der Waals surface area contributed by atoms with E-state index in [1.165, 1.54) is 0 Å². The zero-order valence-corrected chi connectivity index (χ0v) is 22.4. The molecule has 1 N–H and O–H groups in total. The third kappa shape index (κ3) is 6.26. The molecule has 1 saturated heterocycles. The molecule has 1 fully saturated rings. The van der Waals surface area contributed by atoms with Crippen LogP contribution in [0.15, 0.2) is 42.5 Å². The van der Waals surface area contributed by atoms with E-state index < -0.39 is 5.97 Å². The van der Waals surface area contributed by atoms with E-state index in [0.717, 1.165) is 18.4 Å². The number of halogens is 2. The van der Waals surface area contributed by atoms with E-state index >= 15 is 0 Å². The van der Waals surface area contributed by atoms with Crippen LogP contribution < -0.4 is 15.0 Å². The summed E-state index contributed by atoms with van der Waals surface area (Å²) < 4.78 is 11.4. The number of esters is 1. The molecule has 1 aromatic heterocycles. The Kier molecular flexibility index (Phi) is 9.08. The van der Waals surface area contributed by atoms with Gasteiger partial charge >= 0.3 is 5.97 Å². The second kappa shape index (κ2) is 12.4. The van der Waals surface area contributed by atoms with Crippen molar-refractivity contribution in [2.75, 3.05) is 57.9 Å². The first-order valence-corrected chi connectivity index (χ1v) is 13.1. The summed E-state index contributed by atoms with van der Waals surface area (Å²) in [5.41, 5.74) is 2.19. The topological polar surface area (TPSA) is 84.0 Å². The first-order valence-electron chi connectivity index (χ1n) is 12.3. The van der Waals surface area contributed by atoms with E-state index in [4.69, 9.17) is 32.7 Å². The summed E-state index contributed by atoms with van der Waals surface area (Å²) in [4.78, 5) is 34.8. The normalized spacial score (nSPS) is 13.6. The number of carbonyl (C=O) groups excluding carboxylic acids is 2. The number of nitrogens with zero attached hydrogens (tertiary/aromatic N) is 3. The van der Waals surface area contributed by atoms with Crippen molar-refractivity contribution in [3.63, 3.8) is 0 Å². The maximum Gasteiger partial charge on any atom is 0.345 e. The molecule has 2 aromatic carbocycles. The molecule has 10 heteroatoms. The molecule has 1 amide bonds. The Balaban J connectivity index is 1.68. The number of hydrogen-bond donors (Lipinski definition) is 1. The maximum atomic E-state index is 13.2. The predicted octanol–water partition coefficient (Wildman–Crippen LogP) is 4.67. The fourth-order valence-corrected chi connectivity index (χ4v) is 4.64. The van der Waals surface area contributed by atoms with Crippen LogP contribution in [0.2, 0.25) is 10.0 Å². The molecule has 0 saturated carbocycles. The van der Waals surface area contributed by atoms with Gasteiger partial charge in [-0.15, -0.1) is 0 Å². The SMILES string of the molecule is CCOC(=O)c1c(OCCCNC)nc2ccc(Cl)cc2c1N1CCN(C(=O)c2ccc(Cl)cc2)CC1. The summed E-state index contributed by atoms with van der Waals surface area (Å²) in [7, 11) is 1.87. The minimum Gasteiger partial charge on any atom is -0.477 e. The largest absolute Gasteiger partial charge is 0.477 e. The van der Waals surface area contributed by atoms with Gasteiger partial charge in [0.05, 0.1) is 24.4 Å². The van der Waals surface area contributed by atoms with E-state index in [9.17, 15) is 9.59 Å². The third-order valence-corrected chi connectivity index (χ3v) is 6.64. The highest BCUT2D eigenvalue weighted by Crippen LogP contribution is 2.38. The fraction of sp³-hybridized carbons (Fsp3) is 0.370. The Hall–Kier alpha value is -3.07. The number of rotatable bonds is 9. The van der Waals surface area contributed by atoms with E-state index in [1.54, 1.807) is 48.2 Å². The Morgan fingerprint density at radius 1 is 1.03 bits per heavy atom. The van der Waals surface area contributed by atoms with Crippen molar-refractivity contribution >= 4 is 51.7 Å². The number of pyridine rings is 1. The zero-order chi connectivity index (χ0) is 26.4. The average Bonchev–Trinajstić information content (AvgIpc) is 2.90. The molecule has 0 aliphatic carbocycles. The molecule has 0 unspecified atom stereocenters. The summed E-state index contributed by atoms with van der Waals surface area (Å²) in [5, 5.41) is 4.93. The van der Waals surface area contributed by atoms with Gasteiger partial charge < -0.3 is 24.6 Å². The van der Waals surface area contributed by atoms with Gasteiger partial charge in [0.1, 0.15) is 5.56 Å². The van der Waals surface area contributed by atoms with Crippen LogP contribution in [0.5, 0.6) is 5.88 Å². The second-order valence-electron chi connectivity index (χ2n) is 8.61. The van der Waals surface area contributed by atoms with Crippen molar-refractivity contribution in [3.8, 4) is 5.88 Å². The molecule has 196 valence electrons. The summed E-state index contributed by atoms with van der Waals surface area (Å²) in [6, 6.07) is 12.3. The van der Waals surface area contributed by atoms with Crippen LogP contribution in [-0.4, -0.2) is 74.7 Å². The smallest absolute Gasteiger partial charge is 0.345 e. The molecule has 3 aromatic rings. The molecule has 37 heavy (non-hydrogen) atoms. The molecular weight excluding hydrogens is 515 g/mol. The monoisotopic (exact) mass is 544 g/mol. The average molecular weight is 545 g/mol. The molecule has 0 atom stereocenters. The predicted molar refractivity (Wildman–Crippen MR) is 146 cm³/mol. The number of piperazine rings is 1. The van der Waals surface area contributed by atoms with Crippen LogP contribution in [-0.2, 0) is 4.74 Å². The molecule has 0 spiro atoms. The van der Waals surface area contributed by atoms with Gasteiger partial charge in [-0.3, -0.25) is 4.79 Å². The number of benzene rings is 2. The molecule has 0 radical (unpaired) electrons. The minimum atomic E-state index is -0.504. The standard InChI is InChI=1S/C27H30Cl2N4O4/c1-3-36-27(35)23-24(21-17-20(29)9-10-22(21)31-25(23)37-16-4-11-30-2)32-12-14-33(15-13-32)26(34)18-5-7-19(28)8-6-18/h5-10,17,30H,3-4,11-16H2,1-2H3. The number of hydrogen-bond acceptors (Lipinski definition) is 7. The maximum absolute atomic E-state index is 13.2. The lowest BCUT2D eigenvalue weighted by atomic mass is 10.1. The quantitative estimate of drug-likeness (QED) is 0.309. The van der Waals surface area contributed by atoms with Crippen LogP contribution in [0.25, 0.3) is 10.9 Å². The van der Waals surface area contributed by atoms with E-state index in [2.05, 4.69) is 15.2 Å².